The van der Waals surface area contributed by atoms with Gasteiger partial charge in [-0.15, -0.1) is 0 Å². The van der Waals surface area contributed by atoms with Gasteiger partial charge in [0, 0.05) is 5.41 Å². The molecule has 19 heavy (non-hydrogen) atoms. The van der Waals surface area contributed by atoms with Crippen molar-refractivity contribution in [2.24, 2.45) is 5.92 Å². The summed E-state index contributed by atoms with van der Waals surface area (Å²) in [6, 6.07) is 5.97. The molecule has 1 spiro atoms. The van der Waals surface area contributed by atoms with Gasteiger partial charge in [-0.25, -0.2) is 4.79 Å². The molecule has 100 valence electrons. The first kappa shape index (κ1) is 12.4. The summed E-state index contributed by atoms with van der Waals surface area (Å²) in [5, 5.41) is 3.44. The highest BCUT2D eigenvalue weighted by Crippen LogP contribution is 2.46. The Bertz CT molecular complexity index is 550. The zero-order chi connectivity index (χ0) is 13.5. The molecule has 2 aliphatic rings. The second-order valence-electron chi connectivity index (χ2n) is 5.49. The van der Waals surface area contributed by atoms with Crippen molar-refractivity contribution in [2.45, 2.75) is 18.8 Å². The molecule has 1 N–H and O–H groups in total. The van der Waals surface area contributed by atoms with E-state index in [0.717, 1.165) is 25.1 Å². The summed E-state index contributed by atoms with van der Waals surface area (Å²) in [7, 11) is 1.43. The summed E-state index contributed by atoms with van der Waals surface area (Å²) >= 11 is 0. The van der Waals surface area contributed by atoms with E-state index in [-0.39, 0.29) is 11.4 Å². The summed E-state index contributed by atoms with van der Waals surface area (Å²) in [4.78, 5) is 11.9. The number of methoxy groups -OCH3 is 1. The SMILES string of the molecule is COC(=O)c1cccc2c1C=C[C@@]21CCNC[C@@H]1C. The minimum absolute atomic E-state index is 0.0879. The Labute approximate surface area is 113 Å². The van der Waals surface area contributed by atoms with E-state index < -0.39 is 0 Å². The summed E-state index contributed by atoms with van der Waals surface area (Å²) in [6.45, 7) is 4.32. The maximum Gasteiger partial charge on any atom is 0.338 e. The van der Waals surface area contributed by atoms with Crippen molar-refractivity contribution < 1.29 is 9.53 Å². The van der Waals surface area contributed by atoms with Crippen molar-refractivity contribution in [1.29, 1.82) is 0 Å². The molecule has 1 aliphatic carbocycles. The van der Waals surface area contributed by atoms with Crippen LogP contribution in [-0.2, 0) is 10.2 Å². The number of esters is 1. The fraction of sp³-hybridized carbons (Fsp3) is 0.438. The van der Waals surface area contributed by atoms with Crippen LogP contribution in [0, 0.1) is 5.92 Å². The van der Waals surface area contributed by atoms with Gasteiger partial charge < -0.3 is 10.1 Å². The van der Waals surface area contributed by atoms with Crippen LogP contribution in [-0.4, -0.2) is 26.2 Å². The van der Waals surface area contributed by atoms with Crippen LogP contribution >= 0.6 is 0 Å². The molecule has 1 aliphatic heterocycles. The molecule has 1 heterocycles. The molecule has 3 rings (SSSR count). The molecule has 0 bridgehead atoms. The van der Waals surface area contributed by atoms with Gasteiger partial charge in [0.1, 0.15) is 0 Å². The maximum atomic E-state index is 11.9. The van der Waals surface area contributed by atoms with Gasteiger partial charge >= 0.3 is 5.97 Å². The summed E-state index contributed by atoms with van der Waals surface area (Å²) in [5.41, 5.74) is 3.09. The van der Waals surface area contributed by atoms with Crippen LogP contribution in [0.25, 0.3) is 6.08 Å². The first-order valence-electron chi connectivity index (χ1n) is 6.81. The Balaban J connectivity index is 2.11. The number of fused-ring (bicyclic) bond motifs is 2. The number of benzene rings is 1. The minimum Gasteiger partial charge on any atom is -0.465 e. The van der Waals surface area contributed by atoms with Gasteiger partial charge in [0.2, 0.25) is 0 Å². The molecule has 1 fully saturated rings. The molecule has 2 atom stereocenters. The molecular weight excluding hydrogens is 238 g/mol. The van der Waals surface area contributed by atoms with Gasteiger partial charge in [-0.3, -0.25) is 0 Å². The zero-order valence-corrected chi connectivity index (χ0v) is 11.4. The lowest BCUT2D eigenvalue weighted by molar-refractivity contribution is 0.0600. The molecule has 0 unspecified atom stereocenters. The summed E-state index contributed by atoms with van der Waals surface area (Å²) < 4.78 is 4.88. The Kier molecular flexibility index (Phi) is 2.94. The van der Waals surface area contributed by atoms with Crippen LogP contribution < -0.4 is 5.32 Å². The first-order chi connectivity index (χ1) is 9.19. The molecule has 3 nitrogen and oxygen atoms in total. The fourth-order valence-corrected chi connectivity index (χ4v) is 3.45. The first-order valence-corrected chi connectivity index (χ1v) is 6.81. The van der Waals surface area contributed by atoms with Crippen molar-refractivity contribution in [1.82, 2.24) is 5.32 Å². The van der Waals surface area contributed by atoms with Crippen LogP contribution in [0.4, 0.5) is 0 Å². The van der Waals surface area contributed by atoms with Gasteiger partial charge in [0.25, 0.3) is 0 Å². The van der Waals surface area contributed by atoms with Crippen LogP contribution in [0.5, 0.6) is 0 Å². The highest BCUT2D eigenvalue weighted by molar-refractivity contribution is 5.95. The number of hydrogen-bond acceptors (Lipinski definition) is 3. The third-order valence-corrected chi connectivity index (χ3v) is 4.61. The third-order valence-electron chi connectivity index (χ3n) is 4.61. The van der Waals surface area contributed by atoms with Gasteiger partial charge in [-0.05, 0) is 42.6 Å². The largest absolute Gasteiger partial charge is 0.465 e. The predicted molar refractivity (Wildman–Crippen MR) is 75.1 cm³/mol. The summed E-state index contributed by atoms with van der Waals surface area (Å²) in [6.07, 6.45) is 5.47. The lowest BCUT2D eigenvalue weighted by Gasteiger charge is -2.40. The number of allylic oxidation sites excluding steroid dienone is 1. The predicted octanol–water partition coefficient (Wildman–Crippen LogP) is 2.37. The smallest absolute Gasteiger partial charge is 0.338 e. The van der Waals surface area contributed by atoms with E-state index in [1.165, 1.54) is 12.7 Å². The monoisotopic (exact) mass is 257 g/mol. The number of carbonyl (C=O) groups is 1. The number of ether oxygens (including phenoxy) is 1. The van der Waals surface area contributed by atoms with E-state index in [1.807, 2.05) is 12.1 Å². The second-order valence-corrected chi connectivity index (χ2v) is 5.49. The lowest BCUT2D eigenvalue weighted by Crippen LogP contribution is -2.45. The normalized spacial score (nSPS) is 28.4. The van der Waals surface area contributed by atoms with Gasteiger partial charge in [0.15, 0.2) is 0 Å². The van der Waals surface area contributed by atoms with E-state index in [0.29, 0.717) is 11.5 Å². The van der Waals surface area contributed by atoms with E-state index >= 15 is 0 Å². The van der Waals surface area contributed by atoms with Gasteiger partial charge in [-0.2, -0.15) is 0 Å². The number of piperidine rings is 1. The average Bonchev–Trinajstić information content (AvgIpc) is 2.81. The molecule has 0 radical (unpaired) electrons. The Hall–Kier alpha value is -1.61. The quantitative estimate of drug-likeness (QED) is 0.785. The zero-order valence-electron chi connectivity index (χ0n) is 11.4. The molecule has 1 aromatic carbocycles. The number of carbonyl (C=O) groups excluding carboxylic acids is 1. The van der Waals surface area contributed by atoms with Gasteiger partial charge in [0.05, 0.1) is 12.7 Å². The van der Waals surface area contributed by atoms with E-state index in [2.05, 4.69) is 30.5 Å². The van der Waals surface area contributed by atoms with Crippen LogP contribution in [0.3, 0.4) is 0 Å². The topological polar surface area (TPSA) is 38.3 Å². The molecule has 1 aromatic rings. The van der Waals surface area contributed by atoms with Crippen LogP contribution in [0.1, 0.15) is 34.8 Å². The summed E-state index contributed by atoms with van der Waals surface area (Å²) in [5.74, 6) is 0.284. The molecule has 0 saturated carbocycles. The number of nitrogens with one attached hydrogen (secondary N) is 1. The second kappa shape index (κ2) is 4.49. The molecule has 0 aromatic heterocycles. The van der Waals surface area contributed by atoms with E-state index in [9.17, 15) is 4.79 Å². The van der Waals surface area contributed by atoms with Crippen molar-refractivity contribution in [3.8, 4) is 0 Å². The van der Waals surface area contributed by atoms with E-state index in [1.54, 1.807) is 0 Å². The minimum atomic E-state index is -0.250. The van der Waals surface area contributed by atoms with Crippen molar-refractivity contribution in [3.05, 3.63) is 41.0 Å². The fourth-order valence-electron chi connectivity index (χ4n) is 3.45. The van der Waals surface area contributed by atoms with Crippen LogP contribution in [0.2, 0.25) is 0 Å². The van der Waals surface area contributed by atoms with Crippen molar-refractivity contribution in [2.75, 3.05) is 20.2 Å². The number of hydrogen-bond donors (Lipinski definition) is 1. The molecular formula is C16H19NO2. The highest BCUT2D eigenvalue weighted by atomic mass is 16.5. The Morgan fingerprint density at radius 1 is 1.47 bits per heavy atom. The standard InChI is InChI=1S/C16H19NO2/c1-11-10-17-9-8-16(11)7-6-12-13(15(18)19-2)4-3-5-14(12)16/h3-7,11,17H,8-10H2,1-2H3/t11-,16-/m0/s1. The maximum absolute atomic E-state index is 11.9. The van der Waals surface area contributed by atoms with E-state index in [4.69, 9.17) is 4.74 Å². The molecule has 1 saturated heterocycles. The Morgan fingerprint density at radius 3 is 3.05 bits per heavy atom. The average molecular weight is 257 g/mol. The van der Waals surface area contributed by atoms with Crippen molar-refractivity contribution >= 4 is 12.0 Å². The molecule has 0 amide bonds. The number of rotatable bonds is 1. The van der Waals surface area contributed by atoms with Gasteiger partial charge in [-0.1, -0.05) is 31.2 Å². The third kappa shape index (κ3) is 1.72. The lowest BCUT2D eigenvalue weighted by atomic mass is 9.68. The van der Waals surface area contributed by atoms with Crippen LogP contribution in [0.15, 0.2) is 24.3 Å². The Morgan fingerprint density at radius 2 is 2.32 bits per heavy atom. The van der Waals surface area contributed by atoms with Crippen molar-refractivity contribution in [3.63, 3.8) is 0 Å². The molecule has 3 heteroatoms. The highest BCUT2D eigenvalue weighted by Gasteiger charge is 2.42.